The molecule has 3 heterocycles. The van der Waals surface area contributed by atoms with Crippen LogP contribution in [0.4, 0.5) is 4.39 Å². The van der Waals surface area contributed by atoms with Gasteiger partial charge in [0.15, 0.2) is 5.82 Å². The monoisotopic (exact) mass is 357 g/mol. The molecule has 1 amide bonds. The van der Waals surface area contributed by atoms with Crippen LogP contribution in [0.2, 0.25) is 0 Å². The second-order valence-electron chi connectivity index (χ2n) is 7.41. The number of hydrogen-bond donors (Lipinski definition) is 0. The number of hydrogen-bond acceptors (Lipinski definition) is 4. The summed E-state index contributed by atoms with van der Waals surface area (Å²) in [6.45, 7) is 5.06. The van der Waals surface area contributed by atoms with Crippen LogP contribution in [-0.2, 0) is 16.9 Å². The molecule has 26 heavy (non-hydrogen) atoms. The molecule has 2 aliphatic rings. The lowest BCUT2D eigenvalue weighted by Gasteiger charge is -2.48. The van der Waals surface area contributed by atoms with E-state index in [1.807, 2.05) is 11.8 Å². The fourth-order valence-corrected chi connectivity index (χ4v) is 4.35. The number of aromatic nitrogens is 3. The van der Waals surface area contributed by atoms with Crippen LogP contribution in [0.25, 0.3) is 11.4 Å². The van der Waals surface area contributed by atoms with E-state index in [1.54, 1.807) is 12.1 Å². The summed E-state index contributed by atoms with van der Waals surface area (Å²) in [5.74, 6) is 1.69. The molecule has 2 aliphatic heterocycles. The Hall–Kier alpha value is -2.28. The molecule has 0 aliphatic carbocycles. The van der Waals surface area contributed by atoms with Crippen LogP contribution in [0.15, 0.2) is 24.3 Å². The lowest BCUT2D eigenvalue weighted by Crippen LogP contribution is -2.55. The summed E-state index contributed by atoms with van der Waals surface area (Å²) in [5.41, 5.74) is 0.751. The molecular weight excluding hydrogens is 333 g/mol. The number of fused-ring (bicyclic) bond motifs is 2. The largest absolute Gasteiger partial charge is 0.343 e. The number of carbonyl (C=O) groups is 1. The lowest BCUT2D eigenvalue weighted by atomic mass is 9.84. The fourth-order valence-electron chi connectivity index (χ4n) is 4.35. The Labute approximate surface area is 152 Å². The third-order valence-electron chi connectivity index (χ3n) is 5.63. The van der Waals surface area contributed by atoms with E-state index < -0.39 is 0 Å². The molecule has 6 nitrogen and oxygen atoms in total. The second kappa shape index (κ2) is 6.46. The molecule has 138 valence electrons. The van der Waals surface area contributed by atoms with Crippen LogP contribution in [0.5, 0.6) is 0 Å². The summed E-state index contributed by atoms with van der Waals surface area (Å²) in [6.07, 6.45) is 2.30. The lowest BCUT2D eigenvalue weighted by molar-refractivity contribution is -0.133. The molecule has 0 saturated carbocycles. The number of amides is 1. The summed E-state index contributed by atoms with van der Waals surface area (Å²) >= 11 is 0. The Balaban J connectivity index is 1.72. The van der Waals surface area contributed by atoms with E-state index >= 15 is 0 Å². The first-order valence-corrected chi connectivity index (χ1v) is 9.19. The number of nitrogens with zero attached hydrogens (tertiary/aromatic N) is 5. The van der Waals surface area contributed by atoms with Gasteiger partial charge in [-0.1, -0.05) is 6.92 Å². The van der Waals surface area contributed by atoms with E-state index in [2.05, 4.69) is 26.7 Å². The van der Waals surface area contributed by atoms with E-state index in [-0.39, 0.29) is 17.3 Å². The van der Waals surface area contributed by atoms with E-state index in [4.69, 9.17) is 0 Å². The normalized spacial score (nSPS) is 19.6. The van der Waals surface area contributed by atoms with Crippen molar-refractivity contribution in [1.29, 1.82) is 0 Å². The molecule has 1 fully saturated rings. The van der Waals surface area contributed by atoms with Crippen LogP contribution in [0.1, 0.15) is 32.0 Å². The van der Waals surface area contributed by atoms with Crippen molar-refractivity contribution < 1.29 is 9.18 Å². The van der Waals surface area contributed by atoms with E-state index in [1.165, 1.54) is 12.1 Å². The molecule has 2 aromatic rings. The highest BCUT2D eigenvalue weighted by molar-refractivity contribution is 5.75. The van der Waals surface area contributed by atoms with Crippen molar-refractivity contribution in [3.05, 3.63) is 35.9 Å². The maximum Gasteiger partial charge on any atom is 0.222 e. The fraction of sp³-hybridized carbons (Fsp3) is 0.526. The Morgan fingerprint density at radius 3 is 2.54 bits per heavy atom. The summed E-state index contributed by atoms with van der Waals surface area (Å²) in [6, 6.07) is 6.44. The standard InChI is InChI=1S/C19H24FN5O/c1-3-17(26)24-10-8-19(9-11-24)13-23(2)12-16-21-22-18(25(16)19)14-4-6-15(20)7-5-14/h4-7H,3,8-13H2,1-2H3. The summed E-state index contributed by atoms with van der Waals surface area (Å²) in [4.78, 5) is 16.3. The Morgan fingerprint density at radius 1 is 1.19 bits per heavy atom. The highest BCUT2D eigenvalue weighted by Crippen LogP contribution is 2.39. The molecule has 0 unspecified atom stereocenters. The van der Waals surface area contributed by atoms with Crippen molar-refractivity contribution in [1.82, 2.24) is 24.6 Å². The van der Waals surface area contributed by atoms with Gasteiger partial charge in [0.25, 0.3) is 0 Å². The first-order valence-electron chi connectivity index (χ1n) is 9.19. The first kappa shape index (κ1) is 17.1. The SMILES string of the molecule is CCC(=O)N1CCC2(CC1)CN(C)Cc1nnc(-c3ccc(F)cc3)n12. The van der Waals surface area contributed by atoms with Gasteiger partial charge in [-0.25, -0.2) is 4.39 Å². The highest BCUT2D eigenvalue weighted by atomic mass is 19.1. The Morgan fingerprint density at radius 2 is 1.88 bits per heavy atom. The summed E-state index contributed by atoms with van der Waals surface area (Å²) in [5, 5.41) is 8.86. The van der Waals surface area contributed by atoms with Crippen LogP contribution >= 0.6 is 0 Å². The van der Waals surface area contributed by atoms with Gasteiger partial charge in [-0.2, -0.15) is 0 Å². The molecule has 1 spiro atoms. The van der Waals surface area contributed by atoms with Gasteiger partial charge in [-0.3, -0.25) is 9.69 Å². The number of rotatable bonds is 2. The number of likely N-dealkylation sites (tertiary alicyclic amines) is 1. The summed E-state index contributed by atoms with van der Waals surface area (Å²) < 4.78 is 15.6. The molecule has 1 aromatic heterocycles. The summed E-state index contributed by atoms with van der Waals surface area (Å²) in [7, 11) is 2.10. The van der Waals surface area contributed by atoms with E-state index in [0.717, 1.165) is 56.2 Å². The minimum Gasteiger partial charge on any atom is -0.343 e. The number of halogens is 1. The van der Waals surface area contributed by atoms with Gasteiger partial charge >= 0.3 is 0 Å². The minimum absolute atomic E-state index is 0.125. The molecule has 4 rings (SSSR count). The molecule has 0 radical (unpaired) electrons. The second-order valence-corrected chi connectivity index (χ2v) is 7.41. The van der Waals surface area contributed by atoms with E-state index in [0.29, 0.717) is 6.42 Å². The van der Waals surface area contributed by atoms with Crippen molar-refractivity contribution in [3.8, 4) is 11.4 Å². The van der Waals surface area contributed by atoms with Gasteiger partial charge in [0, 0.05) is 31.6 Å². The maximum atomic E-state index is 13.3. The predicted octanol–water partition coefficient (Wildman–Crippen LogP) is 2.26. The molecule has 7 heteroatoms. The number of piperidine rings is 1. The third kappa shape index (κ3) is 2.80. The first-order chi connectivity index (χ1) is 12.5. The Bertz CT molecular complexity index is 808. The molecular formula is C19H24FN5O. The van der Waals surface area contributed by atoms with Crippen LogP contribution < -0.4 is 0 Å². The van der Waals surface area contributed by atoms with Gasteiger partial charge in [0.2, 0.25) is 5.91 Å². The Kier molecular flexibility index (Phi) is 4.26. The third-order valence-corrected chi connectivity index (χ3v) is 5.63. The van der Waals surface area contributed by atoms with Crippen LogP contribution in [0, 0.1) is 5.82 Å². The molecule has 0 N–H and O–H groups in total. The van der Waals surface area contributed by atoms with Crippen molar-refractivity contribution in [3.63, 3.8) is 0 Å². The van der Waals surface area contributed by atoms with Crippen molar-refractivity contribution in [2.75, 3.05) is 26.7 Å². The quantitative estimate of drug-likeness (QED) is 0.827. The average molecular weight is 357 g/mol. The average Bonchev–Trinajstić information content (AvgIpc) is 3.07. The van der Waals surface area contributed by atoms with Gasteiger partial charge in [0.1, 0.15) is 11.6 Å². The van der Waals surface area contributed by atoms with Crippen LogP contribution in [0.3, 0.4) is 0 Å². The maximum absolute atomic E-state index is 13.3. The predicted molar refractivity (Wildman–Crippen MR) is 95.8 cm³/mol. The molecule has 0 atom stereocenters. The zero-order valence-corrected chi connectivity index (χ0v) is 15.3. The van der Waals surface area contributed by atoms with Gasteiger partial charge in [0.05, 0.1) is 12.1 Å². The molecule has 1 aromatic carbocycles. The van der Waals surface area contributed by atoms with Crippen molar-refractivity contribution >= 4 is 5.91 Å². The molecule has 1 saturated heterocycles. The smallest absolute Gasteiger partial charge is 0.222 e. The van der Waals surface area contributed by atoms with Gasteiger partial charge in [-0.15, -0.1) is 10.2 Å². The van der Waals surface area contributed by atoms with E-state index in [9.17, 15) is 9.18 Å². The number of carbonyl (C=O) groups excluding carboxylic acids is 1. The number of likely N-dealkylation sites (N-methyl/N-ethyl adjacent to an activating group) is 1. The van der Waals surface area contributed by atoms with Crippen molar-refractivity contribution in [2.45, 2.75) is 38.3 Å². The minimum atomic E-state index is -0.257. The zero-order valence-electron chi connectivity index (χ0n) is 15.3. The zero-order chi connectivity index (χ0) is 18.3. The van der Waals surface area contributed by atoms with Crippen molar-refractivity contribution in [2.24, 2.45) is 0 Å². The van der Waals surface area contributed by atoms with Gasteiger partial charge < -0.3 is 9.47 Å². The van der Waals surface area contributed by atoms with Gasteiger partial charge in [-0.05, 0) is 44.2 Å². The molecule has 0 bridgehead atoms. The highest BCUT2D eigenvalue weighted by Gasteiger charge is 2.44. The topological polar surface area (TPSA) is 54.3 Å². The number of benzene rings is 1. The van der Waals surface area contributed by atoms with Crippen LogP contribution in [-0.4, -0.2) is 57.2 Å².